The van der Waals surface area contributed by atoms with Crippen molar-refractivity contribution < 1.29 is 4.74 Å². The van der Waals surface area contributed by atoms with Crippen LogP contribution in [0, 0.1) is 6.92 Å². The van der Waals surface area contributed by atoms with E-state index in [9.17, 15) is 0 Å². The molecular weight excluding hydrogens is 208 g/mol. The van der Waals surface area contributed by atoms with E-state index in [-0.39, 0.29) is 6.10 Å². The second kappa shape index (κ2) is 7.72. The third-order valence-electron chi connectivity index (χ3n) is 2.18. The molecule has 1 rings (SSSR count). The fourth-order valence-electron chi connectivity index (χ4n) is 1.46. The summed E-state index contributed by atoms with van der Waals surface area (Å²) in [6, 6.07) is 4.08. The molecule has 0 N–H and O–H groups in total. The Morgan fingerprint density at radius 3 is 1.94 bits per heavy atom. The third kappa shape index (κ3) is 4.48. The van der Waals surface area contributed by atoms with E-state index in [1.807, 2.05) is 52.8 Å². The first-order chi connectivity index (χ1) is 8.08. The predicted octanol–water partition coefficient (Wildman–Crippen LogP) is 5.09. The van der Waals surface area contributed by atoms with Gasteiger partial charge in [0.1, 0.15) is 5.75 Å². The van der Waals surface area contributed by atoms with Crippen LogP contribution in [-0.2, 0) is 0 Å². The minimum atomic E-state index is 0.191. The van der Waals surface area contributed by atoms with E-state index in [0.29, 0.717) is 0 Å². The van der Waals surface area contributed by atoms with Gasteiger partial charge in [-0.1, -0.05) is 39.2 Å². The molecule has 0 saturated heterocycles. The monoisotopic (exact) mass is 232 g/mol. The zero-order valence-electron chi connectivity index (χ0n) is 11.7. The standard InChI is InChI=1S/C14H18O.C2H6/c1-6-12-8-11(5)14(15-10(3)4)9-13(12)7-2;1-2/h6-10H,1-2H2,3-5H3;1-2H3. The first-order valence-corrected chi connectivity index (χ1v) is 6.14. The van der Waals surface area contributed by atoms with Crippen molar-refractivity contribution in [3.63, 3.8) is 0 Å². The summed E-state index contributed by atoms with van der Waals surface area (Å²) < 4.78 is 5.70. The number of aryl methyl sites for hydroxylation is 1. The van der Waals surface area contributed by atoms with Crippen LogP contribution < -0.4 is 4.74 Å². The zero-order valence-corrected chi connectivity index (χ0v) is 11.7. The summed E-state index contributed by atoms with van der Waals surface area (Å²) in [6.45, 7) is 17.7. The van der Waals surface area contributed by atoms with E-state index in [1.165, 1.54) is 0 Å². The Kier molecular flexibility index (Phi) is 7.04. The van der Waals surface area contributed by atoms with Gasteiger partial charge in [-0.15, -0.1) is 0 Å². The zero-order chi connectivity index (χ0) is 13.4. The molecule has 0 aliphatic carbocycles. The van der Waals surface area contributed by atoms with Crippen LogP contribution in [0.2, 0.25) is 0 Å². The number of hydrogen-bond donors (Lipinski definition) is 0. The maximum atomic E-state index is 5.70. The fraction of sp³-hybridized carbons (Fsp3) is 0.375. The highest BCUT2D eigenvalue weighted by Gasteiger charge is 2.05. The van der Waals surface area contributed by atoms with Crippen molar-refractivity contribution in [1.82, 2.24) is 0 Å². The molecule has 1 aromatic rings. The number of benzene rings is 1. The smallest absolute Gasteiger partial charge is 0.123 e. The van der Waals surface area contributed by atoms with Crippen LogP contribution in [0.1, 0.15) is 44.4 Å². The molecule has 1 aromatic carbocycles. The molecule has 94 valence electrons. The molecule has 1 nitrogen and oxygen atoms in total. The molecule has 0 fully saturated rings. The van der Waals surface area contributed by atoms with Crippen LogP contribution in [0.5, 0.6) is 5.75 Å². The predicted molar refractivity (Wildman–Crippen MR) is 78.5 cm³/mol. The summed E-state index contributed by atoms with van der Waals surface area (Å²) in [5.41, 5.74) is 3.29. The van der Waals surface area contributed by atoms with Gasteiger partial charge in [0, 0.05) is 0 Å². The van der Waals surface area contributed by atoms with E-state index in [0.717, 1.165) is 22.4 Å². The lowest BCUT2D eigenvalue weighted by Gasteiger charge is -2.14. The Labute approximate surface area is 106 Å². The average molecular weight is 232 g/mol. The Morgan fingerprint density at radius 1 is 1.06 bits per heavy atom. The van der Waals surface area contributed by atoms with Gasteiger partial charge < -0.3 is 4.74 Å². The van der Waals surface area contributed by atoms with Gasteiger partial charge in [0.05, 0.1) is 6.10 Å². The van der Waals surface area contributed by atoms with Crippen LogP contribution in [0.4, 0.5) is 0 Å². The third-order valence-corrected chi connectivity index (χ3v) is 2.18. The first-order valence-electron chi connectivity index (χ1n) is 6.14. The summed E-state index contributed by atoms with van der Waals surface area (Å²) in [4.78, 5) is 0. The van der Waals surface area contributed by atoms with Gasteiger partial charge in [-0.3, -0.25) is 0 Å². The average Bonchev–Trinajstić information content (AvgIpc) is 2.33. The minimum Gasteiger partial charge on any atom is -0.491 e. The second-order valence-electron chi connectivity index (χ2n) is 3.82. The van der Waals surface area contributed by atoms with E-state index in [4.69, 9.17) is 4.74 Å². The van der Waals surface area contributed by atoms with Crippen LogP contribution in [0.25, 0.3) is 12.2 Å². The summed E-state index contributed by atoms with van der Waals surface area (Å²) in [5, 5.41) is 0. The van der Waals surface area contributed by atoms with Gasteiger partial charge in [-0.25, -0.2) is 0 Å². The van der Waals surface area contributed by atoms with E-state index >= 15 is 0 Å². The molecule has 0 radical (unpaired) electrons. The summed E-state index contributed by atoms with van der Waals surface area (Å²) >= 11 is 0. The second-order valence-corrected chi connectivity index (χ2v) is 3.82. The van der Waals surface area contributed by atoms with E-state index in [2.05, 4.69) is 19.2 Å². The lowest BCUT2D eigenvalue weighted by atomic mass is 10.0. The van der Waals surface area contributed by atoms with Gasteiger partial charge in [0.15, 0.2) is 0 Å². The highest BCUT2D eigenvalue weighted by Crippen LogP contribution is 2.25. The van der Waals surface area contributed by atoms with Crippen molar-refractivity contribution in [1.29, 1.82) is 0 Å². The van der Waals surface area contributed by atoms with E-state index < -0.39 is 0 Å². The molecule has 0 heterocycles. The molecule has 0 aromatic heterocycles. The molecule has 0 aliphatic heterocycles. The van der Waals surface area contributed by atoms with Crippen LogP contribution in [0.3, 0.4) is 0 Å². The lowest BCUT2D eigenvalue weighted by molar-refractivity contribution is 0.240. The molecule has 0 unspecified atom stereocenters. The normalized spacial score (nSPS) is 9.29. The Morgan fingerprint density at radius 2 is 1.53 bits per heavy atom. The van der Waals surface area contributed by atoms with Crippen molar-refractivity contribution >= 4 is 12.2 Å². The summed E-state index contributed by atoms with van der Waals surface area (Å²) in [5.74, 6) is 0.922. The number of hydrogen-bond acceptors (Lipinski definition) is 1. The molecule has 0 atom stereocenters. The summed E-state index contributed by atoms with van der Waals surface area (Å²) in [7, 11) is 0. The molecule has 1 heteroatoms. The SMILES string of the molecule is C=Cc1cc(C)c(OC(C)C)cc1C=C.CC. The van der Waals surface area contributed by atoms with Crippen molar-refractivity contribution in [2.45, 2.75) is 40.7 Å². The Balaban J connectivity index is 0.00000121. The molecule has 0 amide bonds. The van der Waals surface area contributed by atoms with Crippen molar-refractivity contribution in [2.75, 3.05) is 0 Å². The maximum absolute atomic E-state index is 5.70. The summed E-state index contributed by atoms with van der Waals surface area (Å²) in [6.07, 6.45) is 3.85. The molecule has 0 bridgehead atoms. The van der Waals surface area contributed by atoms with Gasteiger partial charge in [-0.05, 0) is 49.6 Å². The van der Waals surface area contributed by atoms with Crippen molar-refractivity contribution in [2.24, 2.45) is 0 Å². The van der Waals surface area contributed by atoms with Crippen LogP contribution >= 0.6 is 0 Å². The van der Waals surface area contributed by atoms with E-state index in [1.54, 1.807) is 0 Å². The molecule has 17 heavy (non-hydrogen) atoms. The molecule has 0 aliphatic rings. The van der Waals surface area contributed by atoms with Gasteiger partial charge in [0.25, 0.3) is 0 Å². The Hall–Kier alpha value is -1.50. The largest absolute Gasteiger partial charge is 0.491 e. The van der Waals surface area contributed by atoms with Crippen LogP contribution in [0.15, 0.2) is 25.3 Å². The molecule has 0 saturated carbocycles. The topological polar surface area (TPSA) is 9.23 Å². The quantitative estimate of drug-likeness (QED) is 0.702. The lowest BCUT2D eigenvalue weighted by Crippen LogP contribution is -2.07. The number of ether oxygens (including phenoxy) is 1. The number of rotatable bonds is 4. The van der Waals surface area contributed by atoms with Crippen molar-refractivity contribution in [3.05, 3.63) is 42.0 Å². The first kappa shape index (κ1) is 15.5. The van der Waals surface area contributed by atoms with Crippen molar-refractivity contribution in [3.8, 4) is 5.75 Å². The van der Waals surface area contributed by atoms with Gasteiger partial charge >= 0.3 is 0 Å². The van der Waals surface area contributed by atoms with Gasteiger partial charge in [-0.2, -0.15) is 0 Å². The molecular formula is C16H24O. The fourth-order valence-corrected chi connectivity index (χ4v) is 1.46. The maximum Gasteiger partial charge on any atom is 0.123 e. The molecule has 0 spiro atoms. The Bertz CT molecular complexity index is 375. The van der Waals surface area contributed by atoms with Crippen LogP contribution in [-0.4, -0.2) is 6.10 Å². The highest BCUT2D eigenvalue weighted by molar-refractivity contribution is 5.66. The van der Waals surface area contributed by atoms with Gasteiger partial charge in [0.2, 0.25) is 0 Å². The minimum absolute atomic E-state index is 0.191. The highest BCUT2D eigenvalue weighted by atomic mass is 16.5.